The van der Waals surface area contributed by atoms with Gasteiger partial charge in [-0.15, -0.1) is 0 Å². The van der Waals surface area contributed by atoms with E-state index in [4.69, 9.17) is 0 Å². The number of carbonyl (C=O) groups excluding carboxylic acids is 1. The Balaban J connectivity index is 0. The number of carbonyl (C=O) groups is 1. The highest BCUT2D eigenvalue weighted by Gasteiger charge is 1.78. The van der Waals surface area contributed by atoms with E-state index >= 15 is 0 Å². The molecule has 9 heavy (non-hydrogen) atoms. The Morgan fingerprint density at radius 2 is 1.44 bits per heavy atom. The molecular weight excluding hydrogens is 133 g/mol. The Hall–Kier alpha value is -0.800. The summed E-state index contributed by atoms with van der Waals surface area (Å²) in [7, 11) is 0. The van der Waals surface area contributed by atoms with Crippen molar-refractivity contribution in [1.82, 2.24) is 0 Å². The van der Waals surface area contributed by atoms with Crippen LogP contribution >= 0.6 is 0 Å². The van der Waals surface area contributed by atoms with Crippen molar-refractivity contribution in [1.29, 1.82) is 0 Å². The van der Waals surface area contributed by atoms with Crippen molar-refractivity contribution in [2.24, 2.45) is 0 Å². The molecule has 0 aliphatic carbocycles. The zero-order chi connectivity index (χ0) is 7.86. The van der Waals surface area contributed by atoms with Gasteiger partial charge in [-0.05, 0) is 13.8 Å². The molecule has 54 valence electrons. The Bertz CT molecular complexity index is 101. The maximum absolute atomic E-state index is 10.2. The highest BCUT2D eigenvalue weighted by Crippen LogP contribution is 1.93. The Morgan fingerprint density at radius 3 is 1.44 bits per heavy atom. The van der Waals surface area contributed by atoms with Gasteiger partial charge in [0.1, 0.15) is 5.78 Å². The first-order valence-corrected chi connectivity index (χ1v) is 2.09. The molecule has 0 rings (SSSR count). The molecule has 0 heterocycles. The molecule has 0 bridgehead atoms. The van der Waals surface area contributed by atoms with Crippen LogP contribution in [0.15, 0.2) is 12.4 Å². The zero-order valence-corrected chi connectivity index (χ0v) is 5.12. The van der Waals surface area contributed by atoms with Gasteiger partial charge in [-0.2, -0.15) is 8.78 Å². The van der Waals surface area contributed by atoms with Gasteiger partial charge in [0.15, 0.2) is 6.33 Å². The Morgan fingerprint density at radius 1 is 1.33 bits per heavy atom. The molecule has 1 nitrogen and oxygen atoms in total. The van der Waals surface area contributed by atoms with Gasteiger partial charge in [0, 0.05) is 0 Å². The minimum absolute atomic E-state index is 0.167. The van der Waals surface area contributed by atoms with Crippen LogP contribution in [0.25, 0.3) is 0 Å². The van der Waals surface area contributed by atoms with Crippen LogP contribution in [0.5, 0.6) is 0 Å². The van der Waals surface area contributed by atoms with E-state index in [1.807, 2.05) is 0 Å². The lowest BCUT2D eigenvalue weighted by Gasteiger charge is -1.59. The molecule has 0 amide bonds. The normalized spacial score (nSPS) is 6.78. The molecule has 0 aliphatic heterocycles. The summed E-state index contributed by atoms with van der Waals surface area (Å²) in [5.41, 5.74) is 0. The van der Waals surface area contributed by atoms with Crippen LogP contribution in [0.1, 0.15) is 13.8 Å². The van der Waals surface area contributed by atoms with Crippen molar-refractivity contribution in [2.45, 2.75) is 13.8 Å². The van der Waals surface area contributed by atoms with Gasteiger partial charge < -0.3 is 4.79 Å². The van der Waals surface area contributed by atoms with Crippen LogP contribution in [0.4, 0.5) is 13.2 Å². The van der Waals surface area contributed by atoms with Crippen molar-refractivity contribution in [3.05, 3.63) is 12.4 Å². The molecule has 0 atom stereocenters. The van der Waals surface area contributed by atoms with Gasteiger partial charge in [0.2, 0.25) is 0 Å². The molecular formula is C5H7F3O. The van der Waals surface area contributed by atoms with E-state index in [1.54, 1.807) is 0 Å². The van der Waals surface area contributed by atoms with E-state index in [0.717, 1.165) is 0 Å². The van der Waals surface area contributed by atoms with E-state index in [0.29, 0.717) is 0 Å². The van der Waals surface area contributed by atoms with Crippen molar-refractivity contribution in [3.8, 4) is 0 Å². The van der Waals surface area contributed by atoms with E-state index < -0.39 is 12.4 Å². The van der Waals surface area contributed by atoms with Crippen molar-refractivity contribution in [2.75, 3.05) is 0 Å². The second kappa shape index (κ2) is 7.20. The topological polar surface area (TPSA) is 17.1 Å². The molecule has 0 unspecified atom stereocenters. The number of hydrogen-bond acceptors (Lipinski definition) is 1. The smallest absolute Gasteiger partial charge is 0.298 e. The largest absolute Gasteiger partial charge is 0.300 e. The molecule has 4 heteroatoms. The molecule has 0 N–H and O–H groups in total. The molecule has 0 saturated carbocycles. The van der Waals surface area contributed by atoms with Crippen LogP contribution in [-0.2, 0) is 4.79 Å². The summed E-state index contributed by atoms with van der Waals surface area (Å²) >= 11 is 0. The van der Waals surface area contributed by atoms with Gasteiger partial charge >= 0.3 is 0 Å². The number of ketones is 1. The molecule has 0 radical (unpaired) electrons. The fraction of sp³-hybridized carbons (Fsp3) is 0.400. The number of hydrogen-bond donors (Lipinski definition) is 0. The Labute approximate surface area is 51.2 Å². The fourth-order valence-electron chi connectivity index (χ4n) is 0. The van der Waals surface area contributed by atoms with E-state index in [9.17, 15) is 18.0 Å². The summed E-state index contributed by atoms with van der Waals surface area (Å²) in [5, 5.41) is 0. The third kappa shape index (κ3) is 135. The average Bonchev–Trinajstić information content (AvgIpc) is 1.65. The van der Waals surface area contributed by atoms with Crippen LogP contribution < -0.4 is 0 Å². The maximum Gasteiger partial charge on any atom is 0.298 e. The first kappa shape index (κ1) is 11.1. The second-order valence-corrected chi connectivity index (χ2v) is 1.31. The van der Waals surface area contributed by atoms with Crippen LogP contribution in [0.2, 0.25) is 0 Å². The molecule has 0 aliphatic rings. The fourth-order valence-corrected chi connectivity index (χ4v) is 0. The Kier molecular flexibility index (Phi) is 8.85. The molecule has 0 aromatic heterocycles. The SMILES string of the molecule is CC(C)=O.FC=C(F)F. The van der Waals surface area contributed by atoms with Gasteiger partial charge in [-0.3, -0.25) is 0 Å². The highest BCUT2D eigenvalue weighted by molar-refractivity contribution is 5.72. The summed E-state index contributed by atoms with van der Waals surface area (Å²) in [6, 6.07) is 0. The lowest BCUT2D eigenvalue weighted by atomic mass is 10.6. The standard InChI is InChI=1S/C3H6O.C2HF3/c1-3(2)4;3-1-2(4)5/h1-2H3;1H. The summed E-state index contributed by atoms with van der Waals surface area (Å²) in [6.07, 6.45) is -3.04. The van der Waals surface area contributed by atoms with Gasteiger partial charge in [-0.1, -0.05) is 0 Å². The van der Waals surface area contributed by atoms with Gasteiger partial charge in [0.25, 0.3) is 6.08 Å². The number of halogens is 3. The van der Waals surface area contributed by atoms with Crippen molar-refractivity contribution >= 4 is 5.78 Å². The second-order valence-electron chi connectivity index (χ2n) is 1.31. The summed E-state index contributed by atoms with van der Waals surface area (Å²) < 4.78 is 30.7. The quantitative estimate of drug-likeness (QED) is 0.504. The first-order chi connectivity index (χ1) is 4.00. The van der Waals surface area contributed by atoms with Crippen LogP contribution in [0, 0.1) is 0 Å². The molecule has 0 aromatic rings. The van der Waals surface area contributed by atoms with Crippen LogP contribution in [0.3, 0.4) is 0 Å². The summed E-state index contributed by atoms with van der Waals surface area (Å²) in [6.45, 7) is 3.06. The lowest BCUT2D eigenvalue weighted by Crippen LogP contribution is -1.69. The van der Waals surface area contributed by atoms with Crippen molar-refractivity contribution in [3.63, 3.8) is 0 Å². The monoisotopic (exact) mass is 140 g/mol. The molecule has 0 saturated heterocycles. The first-order valence-electron chi connectivity index (χ1n) is 2.09. The third-order valence-corrected chi connectivity index (χ3v) is 0.0825. The van der Waals surface area contributed by atoms with E-state index in [2.05, 4.69) is 0 Å². The predicted octanol–water partition coefficient (Wildman–Crippen LogP) is 2.29. The summed E-state index contributed by atoms with van der Waals surface area (Å²) in [5.74, 6) is 0.167. The minimum atomic E-state index is -2.29. The van der Waals surface area contributed by atoms with E-state index in [1.165, 1.54) is 13.8 Å². The van der Waals surface area contributed by atoms with E-state index in [-0.39, 0.29) is 5.78 Å². The number of rotatable bonds is 0. The molecule has 0 aromatic carbocycles. The minimum Gasteiger partial charge on any atom is -0.300 e. The molecule has 0 spiro atoms. The van der Waals surface area contributed by atoms with Crippen molar-refractivity contribution < 1.29 is 18.0 Å². The van der Waals surface area contributed by atoms with Crippen LogP contribution in [-0.4, -0.2) is 5.78 Å². The third-order valence-electron chi connectivity index (χ3n) is 0.0825. The molecule has 0 fully saturated rings. The number of Topliss-reactive ketones (excluding diaryl/α,β-unsaturated/α-hetero) is 1. The lowest BCUT2D eigenvalue weighted by molar-refractivity contribution is -0.114. The highest BCUT2D eigenvalue weighted by atomic mass is 19.3. The zero-order valence-electron chi connectivity index (χ0n) is 5.12. The predicted molar refractivity (Wildman–Crippen MR) is 27.8 cm³/mol. The van der Waals surface area contributed by atoms with Gasteiger partial charge in [0.05, 0.1) is 0 Å². The maximum atomic E-state index is 10.2. The average molecular weight is 140 g/mol. The summed E-state index contributed by atoms with van der Waals surface area (Å²) in [4.78, 5) is 9.44. The van der Waals surface area contributed by atoms with Gasteiger partial charge in [-0.25, -0.2) is 4.39 Å².